The first-order valence-corrected chi connectivity index (χ1v) is 9.80. The molecule has 3 rings (SSSR count). The smallest absolute Gasteiger partial charge is 0.271 e. The summed E-state index contributed by atoms with van der Waals surface area (Å²) in [6.07, 6.45) is 1.60. The van der Waals surface area contributed by atoms with Gasteiger partial charge in [-0.1, -0.05) is 23.2 Å². The molecule has 1 heterocycles. The molecule has 0 radical (unpaired) electrons. The molecule has 1 aromatic heterocycles. The predicted molar refractivity (Wildman–Crippen MR) is 120 cm³/mol. The van der Waals surface area contributed by atoms with Crippen molar-refractivity contribution >= 4 is 35.3 Å². The van der Waals surface area contributed by atoms with Crippen molar-refractivity contribution in [2.75, 3.05) is 14.2 Å². The molecular formula is C22H21Cl2N3O3. The van der Waals surface area contributed by atoms with Gasteiger partial charge in [0.05, 0.1) is 30.5 Å². The van der Waals surface area contributed by atoms with Gasteiger partial charge in [0.25, 0.3) is 5.91 Å². The Hall–Kier alpha value is -2.96. The summed E-state index contributed by atoms with van der Waals surface area (Å²) in [7, 11) is 3.05. The van der Waals surface area contributed by atoms with Crippen LogP contribution in [0.5, 0.6) is 11.5 Å². The summed E-state index contributed by atoms with van der Waals surface area (Å²) in [6, 6.07) is 12.4. The second-order valence-corrected chi connectivity index (χ2v) is 7.38. The van der Waals surface area contributed by atoms with Gasteiger partial charge in [-0.15, -0.1) is 0 Å². The number of halogens is 2. The summed E-state index contributed by atoms with van der Waals surface area (Å²) in [5, 5.41) is 5.09. The van der Waals surface area contributed by atoms with E-state index in [0.29, 0.717) is 27.1 Å². The van der Waals surface area contributed by atoms with Gasteiger partial charge < -0.3 is 14.0 Å². The van der Waals surface area contributed by atoms with E-state index in [4.69, 9.17) is 32.7 Å². The van der Waals surface area contributed by atoms with E-state index < -0.39 is 0 Å². The monoisotopic (exact) mass is 445 g/mol. The van der Waals surface area contributed by atoms with Gasteiger partial charge in [-0.3, -0.25) is 4.79 Å². The molecule has 0 fully saturated rings. The van der Waals surface area contributed by atoms with E-state index >= 15 is 0 Å². The molecule has 0 aliphatic rings. The number of amides is 1. The first-order chi connectivity index (χ1) is 14.3. The first kappa shape index (κ1) is 21.7. The number of nitrogens with one attached hydrogen (secondary N) is 1. The number of benzene rings is 2. The molecule has 0 saturated carbocycles. The molecule has 3 aromatic rings. The van der Waals surface area contributed by atoms with Gasteiger partial charge in [-0.05, 0) is 50.2 Å². The van der Waals surface area contributed by atoms with Gasteiger partial charge >= 0.3 is 0 Å². The van der Waals surface area contributed by atoms with Crippen molar-refractivity contribution < 1.29 is 14.3 Å². The minimum atomic E-state index is -0.373. The number of nitrogens with zero attached hydrogens (tertiary/aromatic N) is 2. The Bertz CT molecular complexity index is 1100. The van der Waals surface area contributed by atoms with Gasteiger partial charge in [0, 0.05) is 34.3 Å². The molecule has 0 unspecified atom stereocenters. The summed E-state index contributed by atoms with van der Waals surface area (Å²) >= 11 is 12.2. The normalized spacial score (nSPS) is 11.0. The molecule has 30 heavy (non-hydrogen) atoms. The Morgan fingerprint density at radius 1 is 1.00 bits per heavy atom. The lowest BCUT2D eigenvalue weighted by molar-refractivity contribution is 0.0954. The molecule has 156 valence electrons. The minimum Gasteiger partial charge on any atom is -0.497 e. The summed E-state index contributed by atoms with van der Waals surface area (Å²) in [5.74, 6) is 0.670. The van der Waals surface area contributed by atoms with Crippen LogP contribution in [0.3, 0.4) is 0 Å². The van der Waals surface area contributed by atoms with Crippen LogP contribution in [0, 0.1) is 13.8 Å². The number of aromatic nitrogens is 1. The lowest BCUT2D eigenvalue weighted by Gasteiger charge is -2.10. The van der Waals surface area contributed by atoms with Crippen molar-refractivity contribution in [1.29, 1.82) is 0 Å². The van der Waals surface area contributed by atoms with Crippen LogP contribution < -0.4 is 14.9 Å². The maximum Gasteiger partial charge on any atom is 0.271 e. The number of hydrogen-bond donors (Lipinski definition) is 1. The van der Waals surface area contributed by atoms with E-state index in [1.165, 1.54) is 14.2 Å². The number of aryl methyl sites for hydroxylation is 1. The zero-order valence-corrected chi connectivity index (χ0v) is 18.5. The van der Waals surface area contributed by atoms with Crippen molar-refractivity contribution in [2.24, 2.45) is 5.10 Å². The van der Waals surface area contributed by atoms with E-state index in [0.717, 1.165) is 22.6 Å². The van der Waals surface area contributed by atoms with Crippen LogP contribution in [-0.4, -0.2) is 30.9 Å². The van der Waals surface area contributed by atoms with E-state index in [-0.39, 0.29) is 5.91 Å². The molecule has 8 heteroatoms. The quantitative estimate of drug-likeness (QED) is 0.419. The van der Waals surface area contributed by atoms with E-state index in [9.17, 15) is 4.79 Å². The zero-order valence-electron chi connectivity index (χ0n) is 17.0. The maximum absolute atomic E-state index is 12.5. The SMILES string of the molecule is COc1cc(OC)cc(C(=O)NN=Cc2cc(C)n(-c3ccc(Cl)c(Cl)c3)c2C)c1. The van der Waals surface area contributed by atoms with Gasteiger partial charge in [0.15, 0.2) is 0 Å². The molecule has 0 saturated heterocycles. The third-order valence-electron chi connectivity index (χ3n) is 4.62. The number of carbonyl (C=O) groups is 1. The molecule has 0 aliphatic heterocycles. The average Bonchev–Trinajstić information content (AvgIpc) is 3.02. The molecule has 0 atom stereocenters. The second kappa shape index (κ2) is 9.24. The van der Waals surface area contributed by atoms with Crippen LogP contribution in [-0.2, 0) is 0 Å². The third-order valence-corrected chi connectivity index (χ3v) is 5.35. The second-order valence-electron chi connectivity index (χ2n) is 6.56. The topological polar surface area (TPSA) is 64.8 Å². The van der Waals surface area contributed by atoms with Gasteiger partial charge in [-0.2, -0.15) is 5.10 Å². The van der Waals surface area contributed by atoms with Crippen LogP contribution in [0.2, 0.25) is 10.0 Å². The van der Waals surface area contributed by atoms with Crippen molar-refractivity contribution in [3.05, 3.63) is 75.0 Å². The molecule has 0 bridgehead atoms. The molecule has 0 aliphatic carbocycles. The number of rotatable bonds is 6. The fraction of sp³-hybridized carbons (Fsp3) is 0.182. The highest BCUT2D eigenvalue weighted by Crippen LogP contribution is 2.27. The van der Waals surface area contributed by atoms with Crippen molar-refractivity contribution in [2.45, 2.75) is 13.8 Å². The summed E-state index contributed by atoms with van der Waals surface area (Å²) in [5.41, 5.74) is 6.62. The Morgan fingerprint density at radius 3 is 2.27 bits per heavy atom. The van der Waals surface area contributed by atoms with Crippen molar-refractivity contribution in [3.8, 4) is 17.2 Å². The third kappa shape index (κ3) is 4.61. The fourth-order valence-corrected chi connectivity index (χ4v) is 3.40. The number of carbonyl (C=O) groups excluding carboxylic acids is 1. The summed E-state index contributed by atoms with van der Waals surface area (Å²) < 4.78 is 12.4. The highest BCUT2D eigenvalue weighted by Gasteiger charge is 2.12. The summed E-state index contributed by atoms with van der Waals surface area (Å²) in [6.45, 7) is 3.94. The van der Waals surface area contributed by atoms with Crippen LogP contribution in [0.1, 0.15) is 27.3 Å². The number of hydrogen-bond acceptors (Lipinski definition) is 4. The Balaban J connectivity index is 1.80. The number of hydrazone groups is 1. The minimum absolute atomic E-state index is 0.373. The van der Waals surface area contributed by atoms with Crippen LogP contribution in [0.15, 0.2) is 47.6 Å². The van der Waals surface area contributed by atoms with Gasteiger partial charge in [0.1, 0.15) is 11.5 Å². The molecular weight excluding hydrogens is 425 g/mol. The maximum atomic E-state index is 12.5. The Labute approximate surface area is 185 Å². The first-order valence-electron chi connectivity index (χ1n) is 9.05. The Morgan fingerprint density at radius 2 is 1.67 bits per heavy atom. The lowest BCUT2D eigenvalue weighted by Crippen LogP contribution is -2.17. The highest BCUT2D eigenvalue weighted by atomic mass is 35.5. The van der Waals surface area contributed by atoms with E-state index in [1.54, 1.807) is 30.5 Å². The van der Waals surface area contributed by atoms with Crippen molar-refractivity contribution in [1.82, 2.24) is 9.99 Å². The lowest BCUT2D eigenvalue weighted by atomic mass is 10.2. The van der Waals surface area contributed by atoms with E-state index in [2.05, 4.69) is 10.5 Å². The number of methoxy groups -OCH3 is 2. The molecule has 1 N–H and O–H groups in total. The molecule has 6 nitrogen and oxygen atoms in total. The van der Waals surface area contributed by atoms with E-state index in [1.807, 2.05) is 36.6 Å². The molecule has 1 amide bonds. The Kier molecular flexibility index (Phi) is 6.70. The average molecular weight is 446 g/mol. The van der Waals surface area contributed by atoms with Gasteiger partial charge in [-0.25, -0.2) is 5.43 Å². The van der Waals surface area contributed by atoms with Gasteiger partial charge in [0.2, 0.25) is 0 Å². The van der Waals surface area contributed by atoms with Crippen molar-refractivity contribution in [3.63, 3.8) is 0 Å². The molecule has 0 spiro atoms. The highest BCUT2D eigenvalue weighted by molar-refractivity contribution is 6.42. The van der Waals surface area contributed by atoms with Crippen LogP contribution >= 0.6 is 23.2 Å². The number of ether oxygens (including phenoxy) is 2. The zero-order chi connectivity index (χ0) is 21.8. The molecule has 2 aromatic carbocycles. The van der Waals surface area contributed by atoms with Crippen LogP contribution in [0.4, 0.5) is 0 Å². The standard InChI is InChI=1S/C22H21Cl2N3O3/c1-13-7-16(14(2)27(13)17-5-6-20(23)21(24)10-17)12-25-26-22(28)15-8-18(29-3)11-19(9-15)30-4/h5-12H,1-4H3,(H,26,28). The predicted octanol–water partition coefficient (Wildman–Crippen LogP) is 5.18. The summed E-state index contributed by atoms with van der Waals surface area (Å²) in [4.78, 5) is 12.5. The van der Waals surface area contributed by atoms with Crippen LogP contribution in [0.25, 0.3) is 5.69 Å². The fourth-order valence-electron chi connectivity index (χ4n) is 3.10. The largest absolute Gasteiger partial charge is 0.497 e.